The first-order valence-corrected chi connectivity index (χ1v) is 8.76. The lowest BCUT2D eigenvalue weighted by Gasteiger charge is -2.28. The summed E-state index contributed by atoms with van der Waals surface area (Å²) in [7, 11) is 1.85. The molecule has 7 nitrogen and oxygen atoms in total. The minimum absolute atomic E-state index is 0.0693. The topological polar surface area (TPSA) is 67.7 Å². The molecular weight excluding hydrogens is 308 g/mol. The van der Waals surface area contributed by atoms with Crippen LogP contribution in [-0.4, -0.2) is 59.3 Å². The molecule has 24 heavy (non-hydrogen) atoms. The monoisotopic (exact) mass is 332 g/mol. The fourth-order valence-electron chi connectivity index (χ4n) is 4.26. The molecule has 0 saturated carbocycles. The van der Waals surface area contributed by atoms with Gasteiger partial charge >= 0.3 is 0 Å². The van der Waals surface area contributed by atoms with Crippen LogP contribution in [0.4, 0.5) is 5.69 Å². The Bertz CT molecular complexity index is 652. The van der Waals surface area contributed by atoms with Crippen molar-refractivity contribution in [2.45, 2.75) is 25.7 Å². The number of anilines is 1. The van der Waals surface area contributed by atoms with Crippen LogP contribution in [0.5, 0.6) is 0 Å². The summed E-state index contributed by atoms with van der Waals surface area (Å²) < 4.78 is 7.06. The molecule has 1 aromatic rings. The highest BCUT2D eigenvalue weighted by Crippen LogP contribution is 2.42. The molecule has 1 spiro atoms. The molecule has 7 heteroatoms. The quantitative estimate of drug-likeness (QED) is 0.803. The first kappa shape index (κ1) is 15.6. The Balaban J connectivity index is 1.45. The number of ether oxygens (including phenoxy) is 1. The van der Waals surface area contributed by atoms with Gasteiger partial charge in [0.15, 0.2) is 0 Å². The van der Waals surface area contributed by atoms with E-state index in [0.29, 0.717) is 32.8 Å². The van der Waals surface area contributed by atoms with Crippen LogP contribution in [0.25, 0.3) is 0 Å². The highest BCUT2D eigenvalue weighted by molar-refractivity contribution is 6.00. The number of aryl methyl sites for hydroxylation is 1. The van der Waals surface area contributed by atoms with Gasteiger partial charge in [-0.15, -0.1) is 0 Å². The minimum atomic E-state index is -0.392. The number of amides is 2. The van der Waals surface area contributed by atoms with Gasteiger partial charge in [0.1, 0.15) is 0 Å². The van der Waals surface area contributed by atoms with Gasteiger partial charge in [0.2, 0.25) is 11.8 Å². The molecule has 0 radical (unpaired) electrons. The Hall–Kier alpha value is -1.89. The second-order valence-corrected chi connectivity index (χ2v) is 7.26. The van der Waals surface area contributed by atoms with Crippen molar-refractivity contribution in [3.05, 3.63) is 12.4 Å². The molecule has 3 aliphatic rings. The maximum atomic E-state index is 13.0. The van der Waals surface area contributed by atoms with Gasteiger partial charge < -0.3 is 14.5 Å². The average molecular weight is 332 g/mol. The largest absolute Gasteiger partial charge is 0.381 e. The molecule has 1 atom stereocenters. The van der Waals surface area contributed by atoms with Gasteiger partial charge in [-0.05, 0) is 25.7 Å². The van der Waals surface area contributed by atoms with Crippen LogP contribution >= 0.6 is 0 Å². The fraction of sp³-hybridized carbons (Fsp3) is 0.706. The van der Waals surface area contributed by atoms with Crippen molar-refractivity contribution >= 4 is 17.5 Å². The van der Waals surface area contributed by atoms with Gasteiger partial charge in [0, 0.05) is 52.0 Å². The van der Waals surface area contributed by atoms with E-state index in [9.17, 15) is 9.59 Å². The van der Waals surface area contributed by atoms with Gasteiger partial charge in [-0.3, -0.25) is 14.3 Å². The van der Waals surface area contributed by atoms with Crippen molar-refractivity contribution < 1.29 is 14.3 Å². The lowest BCUT2D eigenvalue weighted by atomic mass is 9.85. The van der Waals surface area contributed by atoms with Gasteiger partial charge in [-0.1, -0.05) is 0 Å². The predicted molar refractivity (Wildman–Crippen MR) is 87.4 cm³/mol. The number of hydrogen-bond acceptors (Lipinski definition) is 4. The third-order valence-electron chi connectivity index (χ3n) is 5.75. The zero-order valence-electron chi connectivity index (χ0n) is 14.1. The Morgan fingerprint density at radius 3 is 2.75 bits per heavy atom. The van der Waals surface area contributed by atoms with E-state index in [1.54, 1.807) is 10.9 Å². The third-order valence-corrected chi connectivity index (χ3v) is 5.75. The summed E-state index contributed by atoms with van der Waals surface area (Å²) in [4.78, 5) is 29.5. The average Bonchev–Trinajstić information content (AvgIpc) is 3.30. The van der Waals surface area contributed by atoms with Crippen LogP contribution in [0.1, 0.15) is 25.7 Å². The zero-order valence-corrected chi connectivity index (χ0v) is 14.1. The van der Waals surface area contributed by atoms with Crippen LogP contribution in [0, 0.1) is 11.3 Å². The summed E-state index contributed by atoms with van der Waals surface area (Å²) in [5.74, 6) is 0.431. The molecule has 0 aromatic carbocycles. The van der Waals surface area contributed by atoms with E-state index in [1.807, 2.05) is 23.0 Å². The smallest absolute Gasteiger partial charge is 0.235 e. The molecule has 0 unspecified atom stereocenters. The molecule has 130 valence electrons. The zero-order chi connectivity index (χ0) is 16.7. The van der Waals surface area contributed by atoms with Crippen LogP contribution in [-0.2, 0) is 21.4 Å². The Kier molecular flexibility index (Phi) is 3.83. The molecule has 3 saturated heterocycles. The van der Waals surface area contributed by atoms with E-state index in [-0.39, 0.29) is 17.7 Å². The minimum Gasteiger partial charge on any atom is -0.381 e. The molecule has 4 heterocycles. The SMILES string of the molecule is Cn1cc(N2CC[C@@]3(CCN(C(=O)C4CCOCC4)C3)C2=O)cn1. The number of nitrogens with zero attached hydrogens (tertiary/aromatic N) is 4. The lowest BCUT2D eigenvalue weighted by Crippen LogP contribution is -2.41. The summed E-state index contributed by atoms with van der Waals surface area (Å²) in [6, 6.07) is 0. The third kappa shape index (κ3) is 2.51. The molecule has 3 aliphatic heterocycles. The number of carbonyl (C=O) groups excluding carboxylic acids is 2. The number of hydrogen-bond donors (Lipinski definition) is 0. The van der Waals surface area contributed by atoms with Gasteiger partial charge in [0.05, 0.1) is 17.3 Å². The van der Waals surface area contributed by atoms with Crippen molar-refractivity contribution in [3.8, 4) is 0 Å². The van der Waals surface area contributed by atoms with E-state index in [2.05, 4.69) is 5.10 Å². The molecule has 2 amide bonds. The maximum Gasteiger partial charge on any atom is 0.235 e. The summed E-state index contributed by atoms with van der Waals surface area (Å²) in [5, 5.41) is 4.16. The second kappa shape index (κ2) is 5.88. The number of aromatic nitrogens is 2. The van der Waals surface area contributed by atoms with E-state index in [0.717, 1.165) is 31.4 Å². The van der Waals surface area contributed by atoms with Crippen molar-refractivity contribution in [2.75, 3.05) is 37.7 Å². The summed E-state index contributed by atoms with van der Waals surface area (Å²) in [6.45, 7) is 3.32. The second-order valence-electron chi connectivity index (χ2n) is 7.26. The van der Waals surface area contributed by atoms with Gasteiger partial charge in [-0.2, -0.15) is 5.10 Å². The van der Waals surface area contributed by atoms with Crippen molar-refractivity contribution in [1.29, 1.82) is 0 Å². The lowest BCUT2D eigenvalue weighted by molar-refractivity contribution is -0.138. The fourth-order valence-corrected chi connectivity index (χ4v) is 4.26. The van der Waals surface area contributed by atoms with Crippen molar-refractivity contribution in [1.82, 2.24) is 14.7 Å². The van der Waals surface area contributed by atoms with Crippen LogP contribution < -0.4 is 4.90 Å². The van der Waals surface area contributed by atoms with Crippen LogP contribution in [0.15, 0.2) is 12.4 Å². The first-order valence-electron chi connectivity index (χ1n) is 8.76. The van der Waals surface area contributed by atoms with Gasteiger partial charge in [0.25, 0.3) is 0 Å². The molecule has 4 rings (SSSR count). The first-order chi connectivity index (χ1) is 11.6. The van der Waals surface area contributed by atoms with Crippen molar-refractivity contribution in [2.24, 2.45) is 18.4 Å². The number of likely N-dealkylation sites (tertiary alicyclic amines) is 1. The molecular formula is C17H24N4O3. The summed E-state index contributed by atoms with van der Waals surface area (Å²) in [5.41, 5.74) is 0.463. The van der Waals surface area contributed by atoms with Crippen molar-refractivity contribution in [3.63, 3.8) is 0 Å². The Morgan fingerprint density at radius 1 is 1.29 bits per heavy atom. The van der Waals surface area contributed by atoms with E-state index < -0.39 is 5.41 Å². The summed E-state index contributed by atoms with van der Waals surface area (Å²) >= 11 is 0. The Labute approximate surface area is 141 Å². The summed E-state index contributed by atoms with van der Waals surface area (Å²) in [6.07, 6.45) is 6.81. The van der Waals surface area contributed by atoms with E-state index in [1.165, 1.54) is 0 Å². The van der Waals surface area contributed by atoms with Gasteiger partial charge in [-0.25, -0.2) is 0 Å². The highest BCUT2D eigenvalue weighted by Gasteiger charge is 2.52. The molecule has 0 bridgehead atoms. The van der Waals surface area contributed by atoms with Crippen LogP contribution in [0.3, 0.4) is 0 Å². The number of rotatable bonds is 2. The maximum absolute atomic E-state index is 13.0. The normalized spacial score (nSPS) is 28.3. The molecule has 3 fully saturated rings. The predicted octanol–water partition coefficient (Wildman–Crippen LogP) is 0.802. The van der Waals surface area contributed by atoms with E-state index >= 15 is 0 Å². The van der Waals surface area contributed by atoms with Crippen LogP contribution in [0.2, 0.25) is 0 Å². The van der Waals surface area contributed by atoms with E-state index in [4.69, 9.17) is 4.74 Å². The standard InChI is InChI=1S/C17H24N4O3/c1-19-11-14(10-18-19)21-7-5-17(16(21)23)4-6-20(12-17)15(22)13-2-8-24-9-3-13/h10-11,13H,2-9,12H2,1H3/t17-/m1/s1. The molecule has 1 aromatic heterocycles. The highest BCUT2D eigenvalue weighted by atomic mass is 16.5. The molecule has 0 aliphatic carbocycles. The molecule has 0 N–H and O–H groups in total. The number of carbonyl (C=O) groups is 2. The Morgan fingerprint density at radius 2 is 2.04 bits per heavy atom.